The molecule has 0 saturated heterocycles. The molecule has 0 spiro atoms. The predicted octanol–water partition coefficient (Wildman–Crippen LogP) is 4.55. The minimum absolute atomic E-state index is 0.0729. The number of rotatable bonds is 3. The lowest BCUT2D eigenvalue weighted by molar-refractivity contribution is 0.445. The zero-order chi connectivity index (χ0) is 17.3. The molecule has 24 heavy (non-hydrogen) atoms. The van der Waals surface area contributed by atoms with Crippen LogP contribution < -0.4 is 0 Å². The second-order valence-corrected chi connectivity index (χ2v) is 5.41. The van der Waals surface area contributed by atoms with E-state index < -0.39 is 0 Å². The molecule has 0 amide bonds. The standard InChI is InChI=1S/C17H12ClN3O3/c1-9-16(24-10(2)20-9)15(22)12(7-19)14-8-23-17(21-14)11-5-3-4-6-13(11)18/h3-6,8,22H,1-2H3/b15-12-. The minimum Gasteiger partial charge on any atom is -0.503 e. The van der Waals surface area contributed by atoms with Crippen LogP contribution >= 0.6 is 11.6 Å². The molecule has 0 radical (unpaired) electrons. The summed E-state index contributed by atoms with van der Waals surface area (Å²) in [5.41, 5.74) is 1.18. The Labute approximate surface area is 142 Å². The van der Waals surface area contributed by atoms with Crippen molar-refractivity contribution in [2.24, 2.45) is 0 Å². The SMILES string of the molecule is Cc1nc(C)c(/C(O)=C(\C#N)c2coc(-c3ccccc3Cl)n2)o1. The average molecular weight is 342 g/mol. The monoisotopic (exact) mass is 341 g/mol. The van der Waals surface area contributed by atoms with Crippen LogP contribution in [0.1, 0.15) is 23.0 Å². The number of nitrogens with zero attached hydrogens (tertiary/aromatic N) is 3. The van der Waals surface area contributed by atoms with Gasteiger partial charge in [-0.05, 0) is 19.1 Å². The number of aliphatic hydroxyl groups excluding tert-OH is 1. The molecule has 0 saturated carbocycles. The second-order valence-electron chi connectivity index (χ2n) is 5.00. The number of hydrogen-bond acceptors (Lipinski definition) is 6. The fourth-order valence-corrected chi connectivity index (χ4v) is 2.46. The van der Waals surface area contributed by atoms with Crippen molar-refractivity contribution >= 4 is 22.9 Å². The molecule has 3 aromatic rings. The minimum atomic E-state index is -0.338. The highest BCUT2D eigenvalue weighted by molar-refractivity contribution is 6.33. The van der Waals surface area contributed by atoms with Crippen molar-refractivity contribution in [2.75, 3.05) is 0 Å². The fourth-order valence-electron chi connectivity index (χ4n) is 2.24. The number of oxazole rings is 2. The molecular weight excluding hydrogens is 330 g/mol. The van der Waals surface area contributed by atoms with Gasteiger partial charge in [0.2, 0.25) is 5.89 Å². The van der Waals surface area contributed by atoms with E-state index in [2.05, 4.69) is 9.97 Å². The smallest absolute Gasteiger partial charge is 0.228 e. The molecule has 2 aromatic heterocycles. The third-order valence-corrected chi connectivity index (χ3v) is 3.66. The van der Waals surface area contributed by atoms with Crippen molar-refractivity contribution in [1.29, 1.82) is 5.26 Å². The Kier molecular flexibility index (Phi) is 4.11. The van der Waals surface area contributed by atoms with Crippen LogP contribution in [0.3, 0.4) is 0 Å². The zero-order valence-corrected chi connectivity index (χ0v) is 13.6. The summed E-state index contributed by atoms with van der Waals surface area (Å²) in [6, 6.07) is 8.96. The molecule has 7 heteroatoms. The van der Waals surface area contributed by atoms with E-state index in [0.717, 1.165) is 0 Å². The highest BCUT2D eigenvalue weighted by atomic mass is 35.5. The summed E-state index contributed by atoms with van der Waals surface area (Å²) in [5, 5.41) is 20.3. The average Bonchev–Trinajstić information content (AvgIpc) is 3.15. The van der Waals surface area contributed by atoms with E-state index in [1.54, 1.807) is 38.1 Å². The number of hydrogen-bond donors (Lipinski definition) is 1. The normalized spacial score (nSPS) is 11.9. The van der Waals surface area contributed by atoms with E-state index in [9.17, 15) is 10.4 Å². The molecule has 0 bridgehead atoms. The number of aryl methyl sites for hydroxylation is 2. The Bertz CT molecular complexity index is 979. The van der Waals surface area contributed by atoms with Crippen LogP contribution in [0.15, 0.2) is 39.4 Å². The molecule has 0 atom stereocenters. The van der Waals surface area contributed by atoms with Gasteiger partial charge in [-0.15, -0.1) is 0 Å². The summed E-state index contributed by atoms with van der Waals surface area (Å²) in [7, 11) is 0. The molecular formula is C17H12ClN3O3. The number of allylic oxidation sites excluding steroid dienone is 1. The number of aliphatic hydroxyl groups is 1. The fraction of sp³-hybridized carbons (Fsp3) is 0.118. The summed E-state index contributed by atoms with van der Waals surface area (Å²) in [6.07, 6.45) is 1.28. The molecule has 0 aliphatic carbocycles. The van der Waals surface area contributed by atoms with Gasteiger partial charge in [-0.1, -0.05) is 23.7 Å². The van der Waals surface area contributed by atoms with Crippen LogP contribution in [0.2, 0.25) is 5.02 Å². The maximum atomic E-state index is 10.4. The van der Waals surface area contributed by atoms with Crippen molar-refractivity contribution in [3.05, 3.63) is 58.6 Å². The van der Waals surface area contributed by atoms with Gasteiger partial charge in [0, 0.05) is 6.92 Å². The van der Waals surface area contributed by atoms with Gasteiger partial charge >= 0.3 is 0 Å². The molecule has 3 rings (SSSR count). The van der Waals surface area contributed by atoms with Gasteiger partial charge in [-0.2, -0.15) is 5.26 Å². The molecule has 120 valence electrons. The van der Waals surface area contributed by atoms with Gasteiger partial charge < -0.3 is 13.9 Å². The Morgan fingerprint density at radius 1 is 1.25 bits per heavy atom. The summed E-state index contributed by atoms with van der Waals surface area (Å²) >= 11 is 6.11. The Morgan fingerprint density at radius 3 is 2.62 bits per heavy atom. The largest absolute Gasteiger partial charge is 0.503 e. The van der Waals surface area contributed by atoms with Gasteiger partial charge in [0.05, 0.1) is 16.3 Å². The number of nitriles is 1. The van der Waals surface area contributed by atoms with Crippen LogP contribution in [0.4, 0.5) is 0 Å². The zero-order valence-electron chi connectivity index (χ0n) is 12.9. The second kappa shape index (κ2) is 6.22. The van der Waals surface area contributed by atoms with Crippen LogP contribution in [0.25, 0.3) is 22.8 Å². The maximum Gasteiger partial charge on any atom is 0.228 e. The van der Waals surface area contributed by atoms with E-state index in [1.807, 2.05) is 6.07 Å². The van der Waals surface area contributed by atoms with Gasteiger partial charge in [0.15, 0.2) is 17.4 Å². The number of benzene rings is 1. The van der Waals surface area contributed by atoms with Crippen molar-refractivity contribution in [1.82, 2.24) is 9.97 Å². The molecule has 0 unspecified atom stereocenters. The van der Waals surface area contributed by atoms with E-state index in [-0.39, 0.29) is 28.7 Å². The van der Waals surface area contributed by atoms with E-state index in [4.69, 9.17) is 20.4 Å². The highest BCUT2D eigenvalue weighted by Crippen LogP contribution is 2.31. The van der Waals surface area contributed by atoms with Gasteiger partial charge in [-0.3, -0.25) is 0 Å². The molecule has 1 aromatic carbocycles. The van der Waals surface area contributed by atoms with Gasteiger partial charge in [0.1, 0.15) is 23.6 Å². The first-order valence-corrected chi connectivity index (χ1v) is 7.37. The quantitative estimate of drug-likeness (QED) is 0.554. The summed E-state index contributed by atoms with van der Waals surface area (Å²) in [4.78, 5) is 8.32. The van der Waals surface area contributed by atoms with Gasteiger partial charge in [-0.25, -0.2) is 9.97 Å². The van der Waals surface area contributed by atoms with Crippen molar-refractivity contribution in [2.45, 2.75) is 13.8 Å². The molecule has 0 fully saturated rings. The van der Waals surface area contributed by atoms with E-state index in [0.29, 0.717) is 22.2 Å². The molecule has 0 aliphatic rings. The third-order valence-electron chi connectivity index (χ3n) is 3.33. The van der Waals surface area contributed by atoms with Crippen molar-refractivity contribution in [3.63, 3.8) is 0 Å². The van der Waals surface area contributed by atoms with Crippen LogP contribution in [-0.4, -0.2) is 15.1 Å². The topological polar surface area (TPSA) is 96.1 Å². The van der Waals surface area contributed by atoms with Crippen molar-refractivity contribution in [3.8, 4) is 17.5 Å². The maximum absolute atomic E-state index is 10.4. The summed E-state index contributed by atoms with van der Waals surface area (Å²) < 4.78 is 10.7. The van der Waals surface area contributed by atoms with Crippen LogP contribution in [-0.2, 0) is 0 Å². The predicted molar refractivity (Wildman–Crippen MR) is 88.0 cm³/mol. The Hall–Kier alpha value is -3.04. The molecule has 0 aliphatic heterocycles. The lowest BCUT2D eigenvalue weighted by atomic mass is 10.1. The Balaban J connectivity index is 2.08. The first-order chi connectivity index (χ1) is 11.5. The molecule has 2 heterocycles. The van der Waals surface area contributed by atoms with E-state index in [1.165, 1.54) is 6.26 Å². The lowest BCUT2D eigenvalue weighted by Crippen LogP contribution is -1.92. The van der Waals surface area contributed by atoms with Crippen LogP contribution in [0.5, 0.6) is 0 Å². The highest BCUT2D eigenvalue weighted by Gasteiger charge is 2.21. The summed E-state index contributed by atoms with van der Waals surface area (Å²) in [5.74, 6) is 0.436. The Morgan fingerprint density at radius 2 is 2.00 bits per heavy atom. The third kappa shape index (κ3) is 2.77. The van der Waals surface area contributed by atoms with Crippen LogP contribution in [0, 0.1) is 25.2 Å². The van der Waals surface area contributed by atoms with Crippen molar-refractivity contribution < 1.29 is 13.9 Å². The molecule has 6 nitrogen and oxygen atoms in total. The lowest BCUT2D eigenvalue weighted by Gasteiger charge is -1.99. The first kappa shape index (κ1) is 15.8. The number of halogens is 1. The summed E-state index contributed by atoms with van der Waals surface area (Å²) in [6.45, 7) is 3.33. The van der Waals surface area contributed by atoms with Gasteiger partial charge in [0.25, 0.3) is 0 Å². The number of aromatic nitrogens is 2. The first-order valence-electron chi connectivity index (χ1n) is 6.99. The van der Waals surface area contributed by atoms with E-state index >= 15 is 0 Å². The molecule has 1 N–H and O–H groups in total.